The molecule has 0 unspecified atom stereocenters. The number of rotatable bonds is 6. The molecule has 0 aromatic carbocycles. The van der Waals surface area contributed by atoms with Gasteiger partial charge in [0.15, 0.2) is 0 Å². The Morgan fingerprint density at radius 3 is 1.29 bits per heavy atom. The first-order chi connectivity index (χ1) is 16.6. The molecular weight excluding hydrogens is 564 g/mol. The molecule has 0 radical (unpaired) electrons. The Morgan fingerprint density at radius 1 is 0.629 bits per heavy atom. The minimum Gasteiger partial charge on any atom is -0.358 e. The minimum absolute atomic E-state index is 0.870. The van der Waals surface area contributed by atoms with Crippen molar-refractivity contribution in [2.45, 2.75) is 74.7 Å². The predicted molar refractivity (Wildman–Crippen MR) is 155 cm³/mol. The molecule has 0 bridgehead atoms. The monoisotopic (exact) mass is 598 g/mol. The Bertz CT molecular complexity index is 1290. The van der Waals surface area contributed by atoms with E-state index in [1.165, 1.54) is 67.3 Å². The van der Waals surface area contributed by atoms with E-state index in [0.29, 0.717) is 0 Å². The van der Waals surface area contributed by atoms with Gasteiger partial charge < -0.3 is 9.97 Å². The third kappa shape index (κ3) is 4.67. The third-order valence-electron chi connectivity index (χ3n) is 7.73. The first kappa shape index (κ1) is 25.9. The summed E-state index contributed by atoms with van der Waals surface area (Å²) in [4.78, 5) is 14.5. The molecule has 2 aromatic heterocycles. The van der Waals surface area contributed by atoms with Crippen LogP contribution in [-0.4, -0.2) is 19.2 Å². The van der Waals surface area contributed by atoms with E-state index in [1.807, 2.05) is 0 Å². The molecule has 2 aliphatic heterocycles. The van der Waals surface area contributed by atoms with Crippen LogP contribution in [0.5, 0.6) is 0 Å². The summed E-state index contributed by atoms with van der Waals surface area (Å²) in [5.74, 6) is 0. The molecule has 4 heterocycles. The first-order valence-electron chi connectivity index (χ1n) is 12.4. The topological polar surface area (TPSA) is 59.5 Å². The molecule has 4 N–H and O–H groups in total. The number of hydrogen-bond acceptors (Lipinski definition) is 0. The summed E-state index contributed by atoms with van der Waals surface area (Å²) < 4.78 is 2.11. The van der Waals surface area contributed by atoms with Crippen molar-refractivity contribution in [3.8, 4) is 0 Å². The second-order valence-corrected chi connectivity index (χ2v) is 11.2. The molecule has 0 amide bonds. The van der Waals surface area contributed by atoms with E-state index in [0.717, 1.165) is 39.9 Å². The summed E-state index contributed by atoms with van der Waals surface area (Å²) in [6.45, 7) is 17.6. The lowest BCUT2D eigenvalue weighted by atomic mass is 10.0. The quantitative estimate of drug-likeness (QED) is 0.369. The smallest absolute Gasteiger partial charge is 0.250 e. The summed E-state index contributed by atoms with van der Waals surface area (Å²) in [6, 6.07) is 0. The maximum atomic E-state index is 3.77. The lowest BCUT2D eigenvalue weighted by molar-refractivity contribution is -0.382. The summed E-state index contributed by atoms with van der Waals surface area (Å²) >= 11 is 7.27. The van der Waals surface area contributed by atoms with Gasteiger partial charge in [-0.2, -0.15) is 9.98 Å². The van der Waals surface area contributed by atoms with Crippen molar-refractivity contribution < 1.29 is 9.98 Å². The van der Waals surface area contributed by atoms with Gasteiger partial charge in [0.25, 0.3) is 0 Å². The molecule has 184 valence electrons. The van der Waals surface area contributed by atoms with E-state index in [1.54, 1.807) is 0 Å². The zero-order valence-corrected chi connectivity index (χ0v) is 25.2. The van der Waals surface area contributed by atoms with Crippen LogP contribution >= 0.6 is 31.9 Å². The fourth-order valence-electron chi connectivity index (χ4n) is 5.09. The van der Waals surface area contributed by atoms with Gasteiger partial charge in [0.05, 0.1) is 0 Å². The van der Waals surface area contributed by atoms with Crippen LogP contribution in [0.2, 0.25) is 0 Å². The summed E-state index contributed by atoms with van der Waals surface area (Å²) in [5, 5.41) is 0. The Balaban J connectivity index is 1.73. The van der Waals surface area contributed by atoms with Crippen molar-refractivity contribution in [3.63, 3.8) is 0 Å². The number of aromatic nitrogens is 2. The van der Waals surface area contributed by atoms with Gasteiger partial charge in [-0.15, -0.1) is 0 Å². The van der Waals surface area contributed by atoms with Gasteiger partial charge in [-0.1, -0.05) is 13.8 Å². The fourth-order valence-corrected chi connectivity index (χ4v) is 6.11. The van der Waals surface area contributed by atoms with Crippen molar-refractivity contribution in [1.29, 1.82) is 0 Å². The number of aromatic amines is 2. The average Bonchev–Trinajstić information content (AvgIpc) is 3.45. The first-order valence-corrected chi connectivity index (χ1v) is 13.9. The lowest BCUT2D eigenvalue weighted by Gasteiger charge is -2.05. The Hall–Kier alpha value is -2.18. The molecule has 0 aliphatic carbocycles. The highest BCUT2D eigenvalue weighted by Gasteiger charge is 2.25. The maximum Gasteiger partial charge on any atom is 0.250 e. The molecule has 35 heavy (non-hydrogen) atoms. The van der Waals surface area contributed by atoms with Gasteiger partial charge in [0, 0.05) is 95.5 Å². The van der Waals surface area contributed by atoms with Crippen molar-refractivity contribution in [1.82, 2.24) is 9.97 Å². The van der Waals surface area contributed by atoms with Gasteiger partial charge in [-0.25, -0.2) is 0 Å². The Morgan fingerprint density at radius 2 is 1.00 bits per heavy atom. The molecule has 6 heteroatoms. The fraction of sp³-hybridized carbons (Fsp3) is 0.379. The van der Waals surface area contributed by atoms with Crippen LogP contribution in [0.4, 0.5) is 0 Å². The van der Waals surface area contributed by atoms with Crippen LogP contribution in [0, 0.1) is 13.8 Å². The van der Waals surface area contributed by atoms with E-state index in [4.69, 9.17) is 0 Å². The molecular formula is C29H36Br2N4+2. The summed E-state index contributed by atoms with van der Waals surface area (Å²) in [5.41, 5.74) is 17.8. The van der Waals surface area contributed by atoms with Gasteiger partial charge in [-0.05, 0) is 76.6 Å². The number of halogens is 2. The minimum atomic E-state index is 0.870. The van der Waals surface area contributed by atoms with E-state index >= 15 is 0 Å². The normalized spacial score (nSPS) is 18.6. The van der Waals surface area contributed by atoms with Crippen LogP contribution in [0.3, 0.4) is 0 Å². The molecule has 2 aliphatic rings. The number of nitrogens with one attached hydrogen (secondary N) is 4. The highest BCUT2D eigenvalue weighted by atomic mass is 79.9. The van der Waals surface area contributed by atoms with Crippen LogP contribution in [0.25, 0.3) is 12.2 Å². The van der Waals surface area contributed by atoms with E-state index in [-0.39, 0.29) is 0 Å². The van der Waals surface area contributed by atoms with Crippen LogP contribution < -0.4 is 9.98 Å². The lowest BCUT2D eigenvalue weighted by Crippen LogP contribution is -2.66. The summed E-state index contributed by atoms with van der Waals surface area (Å²) in [7, 11) is 0. The molecule has 0 saturated heterocycles. The molecule has 2 aromatic rings. The molecule has 0 fully saturated rings. The zero-order chi connectivity index (χ0) is 25.6. The molecule has 0 spiro atoms. The van der Waals surface area contributed by atoms with Crippen molar-refractivity contribution in [2.75, 3.05) is 0 Å². The average molecular weight is 600 g/mol. The molecule has 0 atom stereocenters. The second kappa shape index (κ2) is 10.1. The van der Waals surface area contributed by atoms with E-state index in [9.17, 15) is 0 Å². The third-order valence-corrected chi connectivity index (χ3v) is 9.32. The van der Waals surface area contributed by atoms with Crippen molar-refractivity contribution >= 4 is 53.3 Å². The van der Waals surface area contributed by atoms with E-state index < -0.39 is 0 Å². The molecule has 4 rings (SSSR count). The van der Waals surface area contributed by atoms with Crippen molar-refractivity contribution in [3.05, 3.63) is 78.7 Å². The SMILES string of the molecule is CCc1c(Cc2[nH]c(C=C3[NH+]=C(Br)C(C)=C3C)c(C)c2CC)[nH]c(C=C2[NH+]=C(Br)C(C)=C2C)c1C. The van der Waals surface area contributed by atoms with Gasteiger partial charge >= 0.3 is 0 Å². The summed E-state index contributed by atoms with van der Waals surface area (Å²) in [6.07, 6.45) is 7.38. The van der Waals surface area contributed by atoms with Gasteiger partial charge in [-0.3, -0.25) is 0 Å². The Kier molecular flexibility index (Phi) is 7.44. The number of allylic oxidation sites excluding steroid dienone is 4. The van der Waals surface area contributed by atoms with Gasteiger partial charge in [0.2, 0.25) is 20.6 Å². The van der Waals surface area contributed by atoms with Crippen LogP contribution in [0.1, 0.15) is 86.6 Å². The van der Waals surface area contributed by atoms with Crippen molar-refractivity contribution in [2.24, 2.45) is 0 Å². The molecule has 4 nitrogen and oxygen atoms in total. The van der Waals surface area contributed by atoms with Gasteiger partial charge in [0.1, 0.15) is 0 Å². The maximum absolute atomic E-state index is 3.77. The highest BCUT2D eigenvalue weighted by molar-refractivity contribution is 9.18. The Labute approximate surface area is 225 Å². The van der Waals surface area contributed by atoms with Crippen LogP contribution in [0.15, 0.2) is 33.7 Å². The number of hydrogen-bond donors (Lipinski definition) is 4. The largest absolute Gasteiger partial charge is 0.358 e. The molecule has 0 saturated carbocycles. The second-order valence-electron chi connectivity index (χ2n) is 9.62. The predicted octanol–water partition coefficient (Wildman–Crippen LogP) is 4.81. The van der Waals surface area contributed by atoms with Crippen LogP contribution in [-0.2, 0) is 19.3 Å². The number of H-pyrrole nitrogens is 2. The zero-order valence-electron chi connectivity index (χ0n) is 22.0. The van der Waals surface area contributed by atoms with E-state index in [2.05, 4.69) is 119 Å². The standard InChI is InChI=1S/C29H34Br2N4/c1-9-20-18(7)24(11-22-14(3)16(5)28(30)34-22)32-26(20)13-27-21(10-2)19(8)25(33-27)12-23-15(4)17(6)29(31)35-23/h11-12,32-33H,9-10,13H2,1-8H3/p+2. The highest BCUT2D eigenvalue weighted by Crippen LogP contribution is 2.29.